The number of alkyl halides is 3. The standard InChI is InChI=1S/C22H13F3O2/c23-22(24,25)16-11-9-14(10-12-16)17-7-4-8-19-18(17)13-20(27-19)21(26)15-5-2-1-3-6-15/h1-13H. The summed E-state index contributed by atoms with van der Waals surface area (Å²) in [5.41, 5.74) is 1.63. The third-order valence-corrected chi connectivity index (χ3v) is 4.34. The zero-order valence-corrected chi connectivity index (χ0v) is 14.0. The van der Waals surface area contributed by atoms with Crippen LogP contribution in [0.1, 0.15) is 21.7 Å². The van der Waals surface area contributed by atoms with E-state index >= 15 is 0 Å². The van der Waals surface area contributed by atoms with Crippen LogP contribution in [-0.4, -0.2) is 5.78 Å². The molecule has 27 heavy (non-hydrogen) atoms. The fraction of sp³-hybridized carbons (Fsp3) is 0.0455. The van der Waals surface area contributed by atoms with Gasteiger partial charge >= 0.3 is 6.18 Å². The first-order valence-corrected chi connectivity index (χ1v) is 8.23. The minimum absolute atomic E-state index is 0.190. The first-order chi connectivity index (χ1) is 12.9. The molecule has 0 aliphatic heterocycles. The van der Waals surface area contributed by atoms with Gasteiger partial charge in [0, 0.05) is 10.9 Å². The maximum atomic E-state index is 12.8. The highest BCUT2D eigenvalue weighted by molar-refractivity contribution is 6.10. The van der Waals surface area contributed by atoms with Crippen LogP contribution in [0.4, 0.5) is 13.2 Å². The molecule has 1 heterocycles. The van der Waals surface area contributed by atoms with Gasteiger partial charge in [-0.25, -0.2) is 0 Å². The van der Waals surface area contributed by atoms with Gasteiger partial charge in [0.25, 0.3) is 0 Å². The number of carbonyl (C=O) groups is 1. The molecular formula is C22H13F3O2. The highest BCUT2D eigenvalue weighted by Gasteiger charge is 2.30. The van der Waals surface area contributed by atoms with Crippen molar-refractivity contribution >= 4 is 16.8 Å². The van der Waals surface area contributed by atoms with E-state index in [1.807, 2.05) is 6.07 Å². The molecule has 0 fully saturated rings. The molecular weight excluding hydrogens is 353 g/mol. The number of fused-ring (bicyclic) bond motifs is 1. The normalized spacial score (nSPS) is 11.7. The van der Waals surface area contributed by atoms with E-state index < -0.39 is 11.7 Å². The molecule has 0 atom stereocenters. The maximum absolute atomic E-state index is 12.8. The topological polar surface area (TPSA) is 30.2 Å². The summed E-state index contributed by atoms with van der Waals surface area (Å²) < 4.78 is 44.0. The van der Waals surface area contributed by atoms with E-state index in [4.69, 9.17) is 4.42 Å². The SMILES string of the molecule is O=C(c1ccccc1)c1cc2c(-c3ccc(C(F)(F)F)cc3)cccc2o1. The second-order valence-electron chi connectivity index (χ2n) is 6.10. The first kappa shape index (κ1) is 17.1. The second-order valence-corrected chi connectivity index (χ2v) is 6.10. The van der Waals surface area contributed by atoms with E-state index in [1.54, 1.807) is 48.5 Å². The Balaban J connectivity index is 1.77. The van der Waals surface area contributed by atoms with Gasteiger partial charge in [0.1, 0.15) is 5.58 Å². The van der Waals surface area contributed by atoms with E-state index in [0.29, 0.717) is 27.7 Å². The van der Waals surface area contributed by atoms with Crippen LogP contribution in [0.2, 0.25) is 0 Å². The summed E-state index contributed by atoms with van der Waals surface area (Å²) in [6, 6.07) is 20.6. The first-order valence-electron chi connectivity index (χ1n) is 8.23. The Morgan fingerprint density at radius 1 is 0.815 bits per heavy atom. The Morgan fingerprint density at radius 3 is 2.19 bits per heavy atom. The Kier molecular flexibility index (Phi) is 4.07. The third kappa shape index (κ3) is 3.24. The van der Waals surface area contributed by atoms with Crippen molar-refractivity contribution in [2.24, 2.45) is 0 Å². The minimum Gasteiger partial charge on any atom is -0.453 e. The second kappa shape index (κ2) is 6.43. The molecule has 1 aromatic heterocycles. The van der Waals surface area contributed by atoms with Crippen LogP contribution in [-0.2, 0) is 6.18 Å². The van der Waals surface area contributed by atoms with Crippen LogP contribution < -0.4 is 0 Å². The minimum atomic E-state index is -4.38. The van der Waals surface area contributed by atoms with Gasteiger partial charge in [-0.15, -0.1) is 0 Å². The summed E-state index contributed by atoms with van der Waals surface area (Å²) in [6.45, 7) is 0. The number of rotatable bonds is 3. The largest absolute Gasteiger partial charge is 0.453 e. The highest BCUT2D eigenvalue weighted by Crippen LogP contribution is 2.34. The van der Waals surface area contributed by atoms with Crippen LogP contribution >= 0.6 is 0 Å². The summed E-state index contributed by atoms with van der Waals surface area (Å²) in [5.74, 6) is -0.0549. The number of furan rings is 1. The summed E-state index contributed by atoms with van der Waals surface area (Å²) in [6.07, 6.45) is -4.38. The molecule has 0 radical (unpaired) electrons. The summed E-state index contributed by atoms with van der Waals surface area (Å²) >= 11 is 0. The molecule has 0 spiro atoms. The van der Waals surface area contributed by atoms with Gasteiger partial charge in [0.15, 0.2) is 5.76 Å². The van der Waals surface area contributed by atoms with E-state index in [9.17, 15) is 18.0 Å². The van der Waals surface area contributed by atoms with Gasteiger partial charge in [-0.1, -0.05) is 54.6 Å². The lowest BCUT2D eigenvalue weighted by molar-refractivity contribution is -0.137. The maximum Gasteiger partial charge on any atom is 0.416 e. The lowest BCUT2D eigenvalue weighted by Crippen LogP contribution is -2.03. The van der Waals surface area contributed by atoms with Crippen LogP contribution in [0.5, 0.6) is 0 Å². The van der Waals surface area contributed by atoms with Gasteiger partial charge in [-0.3, -0.25) is 4.79 Å². The van der Waals surface area contributed by atoms with Crippen LogP contribution in [0.25, 0.3) is 22.1 Å². The quantitative estimate of drug-likeness (QED) is 0.396. The van der Waals surface area contributed by atoms with Gasteiger partial charge in [-0.2, -0.15) is 13.2 Å². The van der Waals surface area contributed by atoms with Crippen molar-refractivity contribution in [3.8, 4) is 11.1 Å². The fourth-order valence-corrected chi connectivity index (χ4v) is 3.00. The highest BCUT2D eigenvalue weighted by atomic mass is 19.4. The Morgan fingerprint density at radius 2 is 1.52 bits per heavy atom. The summed E-state index contributed by atoms with van der Waals surface area (Å²) in [7, 11) is 0. The lowest BCUT2D eigenvalue weighted by atomic mass is 10.00. The Labute approximate surface area is 152 Å². The lowest BCUT2D eigenvalue weighted by Gasteiger charge is -2.08. The molecule has 3 aromatic carbocycles. The molecule has 0 bridgehead atoms. The zero-order valence-electron chi connectivity index (χ0n) is 14.0. The van der Waals surface area contributed by atoms with Crippen LogP contribution in [0, 0.1) is 0 Å². The van der Waals surface area contributed by atoms with E-state index in [2.05, 4.69) is 0 Å². The zero-order chi connectivity index (χ0) is 19.0. The average molecular weight is 366 g/mol. The van der Waals surface area contributed by atoms with E-state index in [-0.39, 0.29) is 11.5 Å². The third-order valence-electron chi connectivity index (χ3n) is 4.34. The van der Waals surface area contributed by atoms with Crippen molar-refractivity contribution in [1.29, 1.82) is 0 Å². The predicted molar refractivity (Wildman–Crippen MR) is 96.5 cm³/mol. The van der Waals surface area contributed by atoms with Crippen molar-refractivity contribution in [3.63, 3.8) is 0 Å². The summed E-state index contributed by atoms with van der Waals surface area (Å²) in [5, 5.41) is 0.677. The molecule has 2 nitrogen and oxygen atoms in total. The summed E-state index contributed by atoms with van der Waals surface area (Å²) in [4.78, 5) is 12.6. The van der Waals surface area contributed by atoms with Crippen LogP contribution in [0.15, 0.2) is 83.3 Å². The van der Waals surface area contributed by atoms with E-state index in [1.165, 1.54) is 12.1 Å². The van der Waals surface area contributed by atoms with E-state index in [0.717, 1.165) is 12.1 Å². The van der Waals surface area contributed by atoms with Gasteiger partial charge < -0.3 is 4.42 Å². The van der Waals surface area contributed by atoms with Crippen molar-refractivity contribution < 1.29 is 22.4 Å². The number of carbonyl (C=O) groups excluding carboxylic acids is 1. The molecule has 0 N–H and O–H groups in total. The molecule has 0 amide bonds. The van der Waals surface area contributed by atoms with Crippen molar-refractivity contribution in [3.05, 3.63) is 95.7 Å². The van der Waals surface area contributed by atoms with Crippen LogP contribution in [0.3, 0.4) is 0 Å². The Hall–Kier alpha value is -3.34. The molecule has 4 aromatic rings. The molecule has 134 valence electrons. The molecule has 0 unspecified atom stereocenters. The average Bonchev–Trinajstić information content (AvgIpc) is 3.12. The van der Waals surface area contributed by atoms with Gasteiger partial charge in [0.2, 0.25) is 5.78 Å². The number of benzene rings is 3. The Bertz CT molecular complexity index is 1110. The molecule has 0 saturated carbocycles. The molecule has 0 saturated heterocycles. The smallest absolute Gasteiger partial charge is 0.416 e. The number of hydrogen-bond donors (Lipinski definition) is 0. The van der Waals surface area contributed by atoms with Crippen molar-refractivity contribution in [2.45, 2.75) is 6.18 Å². The molecule has 4 rings (SSSR count). The molecule has 0 aliphatic rings. The van der Waals surface area contributed by atoms with Gasteiger partial charge in [-0.05, 0) is 35.4 Å². The number of ketones is 1. The van der Waals surface area contributed by atoms with Gasteiger partial charge in [0.05, 0.1) is 5.56 Å². The number of halogens is 3. The molecule has 5 heteroatoms. The fourth-order valence-electron chi connectivity index (χ4n) is 3.00. The number of hydrogen-bond acceptors (Lipinski definition) is 2. The predicted octanol–water partition coefficient (Wildman–Crippen LogP) is 6.35. The van der Waals surface area contributed by atoms with Crippen molar-refractivity contribution in [2.75, 3.05) is 0 Å². The monoisotopic (exact) mass is 366 g/mol. The molecule has 0 aliphatic carbocycles. The van der Waals surface area contributed by atoms with Crippen molar-refractivity contribution in [1.82, 2.24) is 0 Å².